The fraction of sp³-hybridized carbons (Fsp3) is 0.467. The number of benzene rings is 1. The molecule has 20 heavy (non-hydrogen) atoms. The van der Waals surface area contributed by atoms with E-state index in [1.807, 2.05) is 0 Å². The maximum atomic E-state index is 5.49. The highest BCUT2D eigenvalue weighted by Gasteiger charge is 2.41. The highest BCUT2D eigenvalue weighted by atomic mass is 32.1. The second kappa shape index (κ2) is 5.05. The maximum Gasteiger partial charge on any atom is 0.184 e. The number of thiocarbonyl (C=S) groups is 1. The molecule has 106 valence electrons. The Labute approximate surface area is 125 Å². The van der Waals surface area contributed by atoms with E-state index < -0.39 is 0 Å². The van der Waals surface area contributed by atoms with Crippen molar-refractivity contribution in [2.45, 2.75) is 38.1 Å². The number of hydrogen-bond acceptors (Lipinski definition) is 3. The number of rotatable bonds is 1. The summed E-state index contributed by atoms with van der Waals surface area (Å²) in [6.07, 6.45) is 3.39. The van der Waals surface area contributed by atoms with Crippen LogP contribution in [0.15, 0.2) is 23.3 Å². The molecule has 2 atom stereocenters. The van der Waals surface area contributed by atoms with Gasteiger partial charge in [0.15, 0.2) is 5.11 Å². The third-order valence-corrected chi connectivity index (χ3v) is 4.45. The molecule has 2 aliphatic rings. The molecule has 0 spiro atoms. The van der Waals surface area contributed by atoms with Crippen LogP contribution in [0.2, 0.25) is 0 Å². The summed E-state index contributed by atoms with van der Waals surface area (Å²) >= 11 is 4.85. The lowest BCUT2D eigenvalue weighted by Crippen LogP contribution is -2.42. The van der Waals surface area contributed by atoms with Crippen LogP contribution in [0.4, 0.5) is 5.69 Å². The quantitative estimate of drug-likeness (QED) is 0.615. The average Bonchev–Trinajstić information content (AvgIpc) is 2.70. The van der Waals surface area contributed by atoms with Crippen LogP contribution < -0.4 is 16.1 Å². The summed E-state index contributed by atoms with van der Waals surface area (Å²) in [6.45, 7) is 2.15. The molecule has 0 saturated heterocycles. The Morgan fingerprint density at radius 1 is 1.50 bits per heavy atom. The topological polar surface area (TPSA) is 53.6 Å². The highest BCUT2D eigenvalue weighted by Crippen LogP contribution is 2.46. The first-order chi connectivity index (χ1) is 9.58. The Bertz CT molecular complexity index is 581. The van der Waals surface area contributed by atoms with E-state index in [1.165, 1.54) is 29.7 Å². The van der Waals surface area contributed by atoms with Gasteiger partial charge in [0, 0.05) is 18.7 Å². The number of nitrogens with two attached hydrogens (primary N) is 1. The molecule has 4 nitrogen and oxygen atoms in total. The van der Waals surface area contributed by atoms with Gasteiger partial charge in [-0.15, -0.1) is 0 Å². The molecule has 3 N–H and O–H groups in total. The minimum absolute atomic E-state index is 0.230. The highest BCUT2D eigenvalue weighted by molar-refractivity contribution is 7.80. The summed E-state index contributed by atoms with van der Waals surface area (Å²) < 4.78 is 0. The van der Waals surface area contributed by atoms with Crippen molar-refractivity contribution in [3.05, 3.63) is 29.3 Å². The van der Waals surface area contributed by atoms with Crippen molar-refractivity contribution < 1.29 is 0 Å². The molecule has 0 bridgehead atoms. The van der Waals surface area contributed by atoms with E-state index in [1.54, 1.807) is 0 Å². The zero-order valence-electron chi connectivity index (χ0n) is 11.9. The van der Waals surface area contributed by atoms with Gasteiger partial charge in [0.2, 0.25) is 0 Å². The molecule has 3 rings (SSSR count). The lowest BCUT2D eigenvalue weighted by molar-refractivity contribution is 0.535. The van der Waals surface area contributed by atoms with Crippen molar-refractivity contribution >= 4 is 28.7 Å². The van der Waals surface area contributed by atoms with Crippen molar-refractivity contribution in [2.24, 2.45) is 10.8 Å². The van der Waals surface area contributed by atoms with Crippen molar-refractivity contribution in [3.63, 3.8) is 0 Å². The molecule has 0 radical (unpaired) electrons. The smallest absolute Gasteiger partial charge is 0.184 e. The SMILES string of the molecule is Cc1ccc2c(c1)C1CCC/C(=N\NC(N)=S)C1N2C. The van der Waals surface area contributed by atoms with Gasteiger partial charge in [-0.2, -0.15) is 5.10 Å². The van der Waals surface area contributed by atoms with Crippen LogP contribution >= 0.6 is 12.2 Å². The van der Waals surface area contributed by atoms with E-state index >= 15 is 0 Å². The zero-order chi connectivity index (χ0) is 14.3. The number of nitrogens with one attached hydrogen (secondary N) is 1. The Balaban J connectivity index is 1.97. The number of aryl methyl sites for hydroxylation is 1. The molecule has 1 aromatic carbocycles. The Morgan fingerprint density at radius 3 is 3.05 bits per heavy atom. The average molecular weight is 288 g/mol. The summed E-state index contributed by atoms with van der Waals surface area (Å²) in [6, 6.07) is 7.06. The van der Waals surface area contributed by atoms with E-state index in [9.17, 15) is 0 Å². The Hall–Kier alpha value is -1.62. The number of likely N-dealkylation sites (N-methyl/N-ethyl adjacent to an activating group) is 1. The van der Waals surface area contributed by atoms with Crippen molar-refractivity contribution in [2.75, 3.05) is 11.9 Å². The largest absolute Gasteiger partial charge is 0.375 e. The lowest BCUT2D eigenvalue weighted by atomic mass is 9.81. The van der Waals surface area contributed by atoms with Gasteiger partial charge in [-0.3, -0.25) is 5.43 Å². The van der Waals surface area contributed by atoms with E-state index in [4.69, 9.17) is 18.0 Å². The van der Waals surface area contributed by atoms with Gasteiger partial charge in [-0.1, -0.05) is 17.7 Å². The first kappa shape index (κ1) is 13.4. The first-order valence-electron chi connectivity index (χ1n) is 7.03. The van der Waals surface area contributed by atoms with Crippen molar-refractivity contribution in [1.82, 2.24) is 5.43 Å². The van der Waals surface area contributed by atoms with Crippen molar-refractivity contribution in [3.8, 4) is 0 Å². The van der Waals surface area contributed by atoms with Gasteiger partial charge in [0.25, 0.3) is 0 Å². The number of hydrogen-bond donors (Lipinski definition) is 2. The number of hydrazone groups is 1. The first-order valence-corrected chi connectivity index (χ1v) is 7.44. The minimum atomic E-state index is 0.230. The number of anilines is 1. The van der Waals surface area contributed by atoms with Gasteiger partial charge in [-0.05, 0) is 50.0 Å². The molecular weight excluding hydrogens is 268 g/mol. The third kappa shape index (κ3) is 2.16. The molecule has 1 heterocycles. The van der Waals surface area contributed by atoms with Crippen LogP contribution in [-0.2, 0) is 0 Å². The van der Waals surface area contributed by atoms with E-state index in [-0.39, 0.29) is 5.11 Å². The number of nitrogens with zero attached hydrogens (tertiary/aromatic N) is 2. The van der Waals surface area contributed by atoms with Crippen LogP contribution in [0.5, 0.6) is 0 Å². The van der Waals surface area contributed by atoms with Gasteiger partial charge in [0.05, 0.1) is 11.8 Å². The standard InChI is InChI=1S/C15H20N4S/c1-9-6-7-13-11(8-9)10-4-3-5-12(14(10)19(13)2)17-18-15(16)20/h6-8,10,14H,3-5H2,1-2H3,(H3,16,18,20)/b17-12+. The third-order valence-electron chi connectivity index (χ3n) is 4.36. The van der Waals surface area contributed by atoms with Crippen LogP contribution in [0.3, 0.4) is 0 Å². The number of fused-ring (bicyclic) bond motifs is 3. The van der Waals surface area contributed by atoms with E-state index in [0.29, 0.717) is 12.0 Å². The molecule has 1 fully saturated rings. The molecular formula is C15H20N4S. The summed E-state index contributed by atoms with van der Waals surface area (Å²) in [5.41, 5.74) is 13.5. The zero-order valence-corrected chi connectivity index (χ0v) is 12.7. The van der Waals surface area contributed by atoms with Crippen LogP contribution in [0, 0.1) is 6.92 Å². The second-order valence-corrected chi connectivity index (χ2v) is 6.14. The predicted molar refractivity (Wildman–Crippen MR) is 87.3 cm³/mol. The van der Waals surface area contributed by atoms with Crippen LogP contribution in [-0.4, -0.2) is 23.9 Å². The second-order valence-electron chi connectivity index (χ2n) is 5.70. The van der Waals surface area contributed by atoms with Gasteiger partial charge < -0.3 is 10.6 Å². The van der Waals surface area contributed by atoms with E-state index in [2.05, 4.69) is 47.6 Å². The van der Waals surface area contributed by atoms with E-state index in [0.717, 1.165) is 12.1 Å². The molecule has 1 aromatic rings. The fourth-order valence-corrected chi connectivity index (χ4v) is 3.60. The summed E-state index contributed by atoms with van der Waals surface area (Å²) in [5.74, 6) is 0.538. The summed E-state index contributed by atoms with van der Waals surface area (Å²) in [7, 11) is 2.15. The molecule has 1 saturated carbocycles. The van der Waals surface area contributed by atoms with Gasteiger partial charge in [0.1, 0.15) is 0 Å². The molecule has 1 aliphatic carbocycles. The van der Waals surface area contributed by atoms with Crippen LogP contribution in [0.25, 0.3) is 0 Å². The maximum absolute atomic E-state index is 5.49. The monoisotopic (exact) mass is 288 g/mol. The molecule has 1 aliphatic heterocycles. The fourth-order valence-electron chi connectivity index (χ4n) is 3.55. The van der Waals surface area contributed by atoms with Gasteiger partial charge in [-0.25, -0.2) is 0 Å². The lowest BCUT2D eigenvalue weighted by Gasteiger charge is -2.32. The molecule has 5 heteroatoms. The Morgan fingerprint density at radius 2 is 2.30 bits per heavy atom. The molecule has 2 unspecified atom stereocenters. The van der Waals surface area contributed by atoms with Crippen molar-refractivity contribution in [1.29, 1.82) is 0 Å². The van der Waals surface area contributed by atoms with Crippen LogP contribution in [0.1, 0.15) is 36.3 Å². The summed E-state index contributed by atoms with van der Waals surface area (Å²) in [4.78, 5) is 2.35. The predicted octanol–water partition coefficient (Wildman–Crippen LogP) is 2.27. The molecule has 0 amide bonds. The normalized spacial score (nSPS) is 26.3. The molecule has 0 aromatic heterocycles. The Kier molecular flexibility index (Phi) is 3.38. The van der Waals surface area contributed by atoms with Gasteiger partial charge >= 0.3 is 0 Å². The minimum Gasteiger partial charge on any atom is -0.375 e. The summed E-state index contributed by atoms with van der Waals surface area (Å²) in [5, 5.41) is 4.67.